The lowest BCUT2D eigenvalue weighted by Gasteiger charge is -2.12. The van der Waals surface area contributed by atoms with E-state index >= 15 is 0 Å². The lowest BCUT2D eigenvalue weighted by Crippen LogP contribution is -2.00. The van der Waals surface area contributed by atoms with E-state index in [-0.39, 0.29) is 0 Å². The van der Waals surface area contributed by atoms with Crippen LogP contribution < -0.4 is 5.73 Å². The highest BCUT2D eigenvalue weighted by atomic mass is 79.9. The van der Waals surface area contributed by atoms with Crippen LogP contribution in [0.1, 0.15) is 30.9 Å². The zero-order chi connectivity index (χ0) is 13.4. The van der Waals surface area contributed by atoms with Gasteiger partial charge >= 0.3 is 0 Å². The smallest absolute Gasteiger partial charge is 0.201 e. The third kappa shape index (κ3) is 2.17. The molecular weight excluding hydrogens is 290 g/mol. The van der Waals surface area contributed by atoms with Gasteiger partial charge in [0.25, 0.3) is 0 Å². The van der Waals surface area contributed by atoms with Crippen molar-refractivity contribution in [1.82, 2.24) is 9.55 Å². The topological polar surface area (TPSA) is 43.8 Å². The van der Waals surface area contributed by atoms with E-state index in [1.165, 1.54) is 16.7 Å². The Kier molecular flexibility index (Phi) is 3.48. The summed E-state index contributed by atoms with van der Waals surface area (Å²) in [6, 6.07) is 6.55. The average Bonchev–Trinajstić information content (AvgIpc) is 2.54. The SMILES string of the molecule is Cc1ccc(C(C)C)cc1-c1c(Br)nc(N)n1C. The number of hydrogen-bond donors (Lipinski definition) is 1. The first kappa shape index (κ1) is 13.1. The Labute approximate surface area is 116 Å². The lowest BCUT2D eigenvalue weighted by atomic mass is 9.96. The second-order valence-electron chi connectivity index (χ2n) is 4.90. The van der Waals surface area contributed by atoms with Crippen LogP contribution in [0.2, 0.25) is 0 Å². The molecule has 96 valence electrons. The minimum Gasteiger partial charge on any atom is -0.369 e. The van der Waals surface area contributed by atoms with E-state index in [9.17, 15) is 0 Å². The van der Waals surface area contributed by atoms with E-state index in [0.717, 1.165) is 10.3 Å². The number of halogens is 1. The minimum atomic E-state index is 0.508. The molecular formula is C14H18BrN3. The monoisotopic (exact) mass is 307 g/mol. The van der Waals surface area contributed by atoms with E-state index in [1.807, 2.05) is 11.6 Å². The fourth-order valence-corrected chi connectivity index (χ4v) is 2.69. The van der Waals surface area contributed by atoms with Gasteiger partial charge in [-0.3, -0.25) is 0 Å². The van der Waals surface area contributed by atoms with Crippen LogP contribution in [0.3, 0.4) is 0 Å². The molecule has 4 heteroatoms. The largest absolute Gasteiger partial charge is 0.369 e. The van der Waals surface area contributed by atoms with Gasteiger partial charge < -0.3 is 10.3 Å². The molecule has 0 unspecified atom stereocenters. The zero-order valence-electron chi connectivity index (χ0n) is 11.2. The molecule has 2 rings (SSSR count). The Hall–Kier alpha value is -1.29. The van der Waals surface area contributed by atoms with Crippen LogP contribution in [-0.2, 0) is 7.05 Å². The third-order valence-electron chi connectivity index (χ3n) is 3.27. The number of nitrogen functional groups attached to an aromatic ring is 1. The number of aromatic nitrogens is 2. The van der Waals surface area contributed by atoms with Gasteiger partial charge in [-0.2, -0.15) is 0 Å². The van der Waals surface area contributed by atoms with E-state index in [2.05, 4.69) is 59.9 Å². The highest BCUT2D eigenvalue weighted by molar-refractivity contribution is 9.10. The molecule has 2 aromatic rings. The molecule has 0 saturated carbocycles. The summed E-state index contributed by atoms with van der Waals surface area (Å²) in [5.74, 6) is 1.03. The summed E-state index contributed by atoms with van der Waals surface area (Å²) in [6.45, 7) is 6.50. The third-order valence-corrected chi connectivity index (χ3v) is 3.82. The van der Waals surface area contributed by atoms with E-state index in [4.69, 9.17) is 5.73 Å². The van der Waals surface area contributed by atoms with Crippen LogP contribution in [0, 0.1) is 6.92 Å². The molecule has 0 amide bonds. The number of hydrogen-bond acceptors (Lipinski definition) is 2. The minimum absolute atomic E-state index is 0.508. The van der Waals surface area contributed by atoms with Crippen molar-refractivity contribution in [3.05, 3.63) is 33.9 Å². The molecule has 0 aliphatic heterocycles. The normalized spacial score (nSPS) is 11.2. The fourth-order valence-electron chi connectivity index (χ4n) is 2.03. The zero-order valence-corrected chi connectivity index (χ0v) is 12.7. The van der Waals surface area contributed by atoms with Crippen molar-refractivity contribution >= 4 is 21.9 Å². The maximum absolute atomic E-state index is 5.85. The molecule has 0 fully saturated rings. The Morgan fingerprint density at radius 2 is 2.00 bits per heavy atom. The first-order chi connectivity index (χ1) is 8.41. The van der Waals surface area contributed by atoms with Crippen LogP contribution in [0.25, 0.3) is 11.3 Å². The van der Waals surface area contributed by atoms with Gasteiger partial charge in [-0.15, -0.1) is 0 Å². The van der Waals surface area contributed by atoms with Gasteiger partial charge in [-0.05, 0) is 46.0 Å². The molecule has 2 N–H and O–H groups in total. The van der Waals surface area contributed by atoms with Crippen LogP contribution in [0.4, 0.5) is 5.95 Å². The van der Waals surface area contributed by atoms with Crippen molar-refractivity contribution in [3.63, 3.8) is 0 Å². The molecule has 1 aromatic heterocycles. The number of nitrogens with two attached hydrogens (primary N) is 1. The van der Waals surface area contributed by atoms with Gasteiger partial charge in [0.2, 0.25) is 5.95 Å². The van der Waals surface area contributed by atoms with Crippen LogP contribution in [0.15, 0.2) is 22.8 Å². The van der Waals surface area contributed by atoms with Gasteiger partial charge in [-0.1, -0.05) is 26.0 Å². The van der Waals surface area contributed by atoms with Gasteiger partial charge in [0, 0.05) is 12.6 Å². The predicted molar refractivity (Wildman–Crippen MR) is 79.6 cm³/mol. The molecule has 1 heterocycles. The van der Waals surface area contributed by atoms with Crippen molar-refractivity contribution in [3.8, 4) is 11.3 Å². The molecule has 0 atom stereocenters. The molecule has 0 radical (unpaired) electrons. The van der Waals surface area contributed by atoms with Crippen molar-refractivity contribution in [2.75, 3.05) is 5.73 Å². The number of aryl methyl sites for hydroxylation is 1. The van der Waals surface area contributed by atoms with Crippen molar-refractivity contribution in [2.24, 2.45) is 7.05 Å². The molecule has 0 bridgehead atoms. The number of benzene rings is 1. The second kappa shape index (κ2) is 4.76. The maximum Gasteiger partial charge on any atom is 0.201 e. The summed E-state index contributed by atoms with van der Waals surface area (Å²) >= 11 is 3.49. The summed E-state index contributed by atoms with van der Waals surface area (Å²) in [6.07, 6.45) is 0. The molecule has 0 saturated heterocycles. The number of imidazole rings is 1. The summed E-state index contributed by atoms with van der Waals surface area (Å²) < 4.78 is 2.71. The van der Waals surface area contributed by atoms with Crippen molar-refractivity contribution < 1.29 is 0 Å². The molecule has 18 heavy (non-hydrogen) atoms. The highest BCUT2D eigenvalue weighted by Crippen LogP contribution is 2.33. The van der Waals surface area contributed by atoms with E-state index in [0.29, 0.717) is 11.9 Å². The van der Waals surface area contributed by atoms with Crippen LogP contribution in [0.5, 0.6) is 0 Å². The van der Waals surface area contributed by atoms with Crippen molar-refractivity contribution in [1.29, 1.82) is 0 Å². The number of rotatable bonds is 2. The summed E-state index contributed by atoms with van der Waals surface area (Å²) in [7, 11) is 1.93. The lowest BCUT2D eigenvalue weighted by molar-refractivity contribution is 0.865. The summed E-state index contributed by atoms with van der Waals surface area (Å²) in [5.41, 5.74) is 10.6. The Morgan fingerprint density at radius 1 is 1.33 bits per heavy atom. The number of nitrogens with zero attached hydrogens (tertiary/aromatic N) is 2. The van der Waals surface area contributed by atoms with Gasteiger partial charge in [0.1, 0.15) is 4.60 Å². The first-order valence-corrected chi connectivity index (χ1v) is 6.79. The van der Waals surface area contributed by atoms with Crippen LogP contribution in [-0.4, -0.2) is 9.55 Å². The molecule has 1 aromatic carbocycles. The predicted octanol–water partition coefficient (Wildman–Crippen LogP) is 3.86. The standard InChI is InChI=1S/C14H18BrN3/c1-8(2)10-6-5-9(3)11(7-10)12-13(15)17-14(16)18(12)4/h5-8H,1-4H3,(H2,16,17). The Bertz CT molecular complexity index is 585. The Balaban J connectivity index is 2.66. The molecule has 0 aliphatic carbocycles. The summed E-state index contributed by atoms with van der Waals surface area (Å²) in [5, 5.41) is 0. The molecule has 0 aliphatic rings. The van der Waals surface area contributed by atoms with E-state index < -0.39 is 0 Å². The fraction of sp³-hybridized carbons (Fsp3) is 0.357. The van der Waals surface area contributed by atoms with Gasteiger partial charge in [0.05, 0.1) is 5.69 Å². The molecule has 0 spiro atoms. The number of anilines is 1. The Morgan fingerprint density at radius 3 is 2.50 bits per heavy atom. The van der Waals surface area contributed by atoms with Crippen LogP contribution >= 0.6 is 15.9 Å². The highest BCUT2D eigenvalue weighted by Gasteiger charge is 2.15. The second-order valence-corrected chi connectivity index (χ2v) is 5.65. The average molecular weight is 308 g/mol. The van der Waals surface area contributed by atoms with Crippen molar-refractivity contribution in [2.45, 2.75) is 26.7 Å². The quantitative estimate of drug-likeness (QED) is 0.915. The van der Waals surface area contributed by atoms with Gasteiger partial charge in [0.15, 0.2) is 0 Å². The van der Waals surface area contributed by atoms with Gasteiger partial charge in [-0.25, -0.2) is 4.98 Å². The molecule has 3 nitrogen and oxygen atoms in total. The maximum atomic E-state index is 5.85. The summed E-state index contributed by atoms with van der Waals surface area (Å²) in [4.78, 5) is 4.26. The van der Waals surface area contributed by atoms with E-state index in [1.54, 1.807) is 0 Å². The first-order valence-electron chi connectivity index (χ1n) is 6.00.